The summed E-state index contributed by atoms with van der Waals surface area (Å²) in [6.07, 6.45) is 0. The fourth-order valence-corrected chi connectivity index (χ4v) is 8.37. The summed E-state index contributed by atoms with van der Waals surface area (Å²) in [5.41, 5.74) is 16.9. The van der Waals surface area contributed by atoms with Crippen LogP contribution >= 0.6 is 0 Å². The molecule has 0 spiro atoms. The second kappa shape index (κ2) is 14.5. The van der Waals surface area contributed by atoms with Crippen molar-refractivity contribution in [3.8, 4) is 61.7 Å². The molecule has 0 unspecified atom stereocenters. The molecule has 4 heteroatoms. The molecule has 0 saturated carbocycles. The summed E-state index contributed by atoms with van der Waals surface area (Å²) >= 11 is 0. The molecule has 0 N–H and O–H groups in total. The van der Waals surface area contributed by atoms with E-state index in [0.717, 1.165) is 72.6 Å². The van der Waals surface area contributed by atoms with E-state index in [9.17, 15) is 0 Å². The molecule has 0 amide bonds. The average molecular weight is 750 g/mol. The number of benzene rings is 7. The first-order valence-electron chi connectivity index (χ1n) is 20.2. The maximum absolute atomic E-state index is 6.93. The van der Waals surface area contributed by atoms with Gasteiger partial charge in [0.2, 0.25) is 0 Å². The van der Waals surface area contributed by atoms with Gasteiger partial charge in [0.1, 0.15) is 16.7 Å². The van der Waals surface area contributed by atoms with E-state index in [1.165, 1.54) is 33.4 Å². The van der Waals surface area contributed by atoms with Gasteiger partial charge in [0.25, 0.3) is 0 Å². The Morgan fingerprint density at radius 3 is 1.62 bits per heavy atom. The number of rotatable bonds is 8. The predicted molar refractivity (Wildman–Crippen MR) is 242 cm³/mol. The van der Waals surface area contributed by atoms with E-state index in [1.807, 2.05) is 6.07 Å². The lowest BCUT2D eigenvalue weighted by Gasteiger charge is -2.24. The number of aromatic nitrogens is 3. The highest BCUT2D eigenvalue weighted by Crippen LogP contribution is 2.43. The third-order valence-electron chi connectivity index (χ3n) is 11.4. The molecule has 0 atom stereocenters. The Morgan fingerprint density at radius 1 is 0.448 bits per heavy atom. The number of furan rings is 1. The van der Waals surface area contributed by atoms with Crippen LogP contribution in [0.2, 0.25) is 0 Å². The highest BCUT2D eigenvalue weighted by Gasteiger charge is 2.26. The average Bonchev–Trinajstić information content (AvgIpc) is 3.84. The SMILES string of the molecule is CC(C)c1cc(-c2ccccc2)cc(C(C)C)c1-n1c(-c2cccc3c2oc2cc(-c4ccc(-c5ccccc5)cc4)ccc23)nc2ccc(-c3ccccc3)nc21. The predicted octanol–water partition coefficient (Wildman–Crippen LogP) is 14.9. The van der Waals surface area contributed by atoms with Crippen LogP contribution in [-0.4, -0.2) is 14.5 Å². The van der Waals surface area contributed by atoms with Crippen molar-refractivity contribution in [1.82, 2.24) is 14.5 Å². The highest BCUT2D eigenvalue weighted by molar-refractivity contribution is 6.10. The van der Waals surface area contributed by atoms with Crippen molar-refractivity contribution < 1.29 is 4.42 Å². The minimum absolute atomic E-state index is 0.223. The first-order valence-corrected chi connectivity index (χ1v) is 20.2. The fraction of sp³-hybridized carbons (Fsp3) is 0.111. The number of hydrogen-bond donors (Lipinski definition) is 0. The highest BCUT2D eigenvalue weighted by atomic mass is 16.3. The molecular weight excluding hydrogens is 707 g/mol. The van der Waals surface area contributed by atoms with E-state index >= 15 is 0 Å². The van der Waals surface area contributed by atoms with E-state index in [2.05, 4.69) is 202 Å². The first-order chi connectivity index (χ1) is 28.4. The third-order valence-corrected chi connectivity index (χ3v) is 11.4. The van der Waals surface area contributed by atoms with Crippen LogP contribution in [0.1, 0.15) is 50.7 Å². The summed E-state index contributed by atoms with van der Waals surface area (Å²) in [5, 5.41) is 2.13. The van der Waals surface area contributed by atoms with Gasteiger partial charge in [0.05, 0.1) is 16.9 Å². The minimum Gasteiger partial charge on any atom is -0.455 e. The minimum atomic E-state index is 0.223. The Bertz CT molecular complexity index is 3060. The molecule has 3 heterocycles. The maximum atomic E-state index is 6.93. The number of fused-ring (bicyclic) bond motifs is 4. The van der Waals surface area contributed by atoms with Gasteiger partial charge in [-0.15, -0.1) is 0 Å². The lowest BCUT2D eigenvalue weighted by atomic mass is 9.88. The third kappa shape index (κ3) is 6.18. The molecule has 0 aliphatic carbocycles. The summed E-state index contributed by atoms with van der Waals surface area (Å²) in [6.45, 7) is 9.14. The van der Waals surface area contributed by atoms with Crippen LogP contribution in [0.15, 0.2) is 180 Å². The Labute approximate surface area is 339 Å². The van der Waals surface area contributed by atoms with E-state index in [4.69, 9.17) is 14.4 Å². The molecule has 280 valence electrons. The zero-order valence-corrected chi connectivity index (χ0v) is 33.1. The molecule has 7 aromatic carbocycles. The number of imidazole rings is 1. The van der Waals surface area contributed by atoms with Crippen LogP contribution in [0.25, 0.3) is 94.8 Å². The summed E-state index contributed by atoms with van der Waals surface area (Å²) in [7, 11) is 0. The van der Waals surface area contributed by atoms with E-state index in [-0.39, 0.29) is 11.8 Å². The van der Waals surface area contributed by atoms with Crippen molar-refractivity contribution in [2.45, 2.75) is 39.5 Å². The van der Waals surface area contributed by atoms with Crippen LogP contribution in [0, 0.1) is 0 Å². The molecule has 0 bridgehead atoms. The summed E-state index contributed by atoms with van der Waals surface area (Å²) in [4.78, 5) is 10.8. The lowest BCUT2D eigenvalue weighted by Crippen LogP contribution is -2.10. The molecular formula is C54H43N3O. The second-order valence-electron chi connectivity index (χ2n) is 15.8. The van der Waals surface area contributed by atoms with Crippen LogP contribution < -0.4 is 0 Å². The van der Waals surface area contributed by atoms with Gasteiger partial charge in [-0.05, 0) is 98.8 Å². The van der Waals surface area contributed by atoms with Gasteiger partial charge in [-0.1, -0.05) is 161 Å². The monoisotopic (exact) mass is 749 g/mol. The smallest absolute Gasteiger partial charge is 0.165 e. The summed E-state index contributed by atoms with van der Waals surface area (Å²) in [5.74, 6) is 1.26. The van der Waals surface area contributed by atoms with Crippen molar-refractivity contribution in [1.29, 1.82) is 0 Å². The topological polar surface area (TPSA) is 43.9 Å². The molecule has 10 aromatic rings. The molecule has 0 fully saturated rings. The Morgan fingerprint density at radius 2 is 1.00 bits per heavy atom. The molecule has 10 rings (SSSR count). The summed E-state index contributed by atoms with van der Waals surface area (Å²) < 4.78 is 9.25. The van der Waals surface area contributed by atoms with Gasteiger partial charge >= 0.3 is 0 Å². The number of nitrogens with zero attached hydrogens (tertiary/aromatic N) is 3. The van der Waals surface area contributed by atoms with Crippen molar-refractivity contribution in [2.75, 3.05) is 0 Å². The normalized spacial score (nSPS) is 11.8. The van der Waals surface area contributed by atoms with Gasteiger partial charge in [0.15, 0.2) is 11.5 Å². The second-order valence-corrected chi connectivity index (χ2v) is 15.8. The van der Waals surface area contributed by atoms with Gasteiger partial charge in [-0.3, -0.25) is 4.57 Å². The van der Waals surface area contributed by atoms with E-state index in [1.54, 1.807) is 0 Å². The van der Waals surface area contributed by atoms with Crippen molar-refractivity contribution >= 4 is 33.1 Å². The molecule has 58 heavy (non-hydrogen) atoms. The van der Waals surface area contributed by atoms with Crippen LogP contribution in [0.3, 0.4) is 0 Å². The van der Waals surface area contributed by atoms with Gasteiger partial charge < -0.3 is 4.42 Å². The molecule has 3 aromatic heterocycles. The lowest BCUT2D eigenvalue weighted by molar-refractivity contribution is 0.669. The number of hydrogen-bond acceptors (Lipinski definition) is 3. The zero-order valence-electron chi connectivity index (χ0n) is 33.1. The number of para-hydroxylation sites is 1. The zero-order chi connectivity index (χ0) is 39.3. The molecule has 0 aliphatic rings. The molecule has 0 aliphatic heterocycles. The Kier molecular flexibility index (Phi) is 8.83. The fourth-order valence-electron chi connectivity index (χ4n) is 8.37. The Hall–Kier alpha value is -7.04. The first kappa shape index (κ1) is 35.4. The molecule has 4 nitrogen and oxygen atoms in total. The molecule has 0 saturated heterocycles. The summed E-state index contributed by atoms with van der Waals surface area (Å²) in [6, 6.07) is 62.3. The molecule has 0 radical (unpaired) electrons. The van der Waals surface area contributed by atoms with E-state index in [0.29, 0.717) is 0 Å². The largest absolute Gasteiger partial charge is 0.455 e. The quantitative estimate of drug-likeness (QED) is 0.155. The van der Waals surface area contributed by atoms with Crippen molar-refractivity contribution in [2.24, 2.45) is 0 Å². The van der Waals surface area contributed by atoms with E-state index < -0.39 is 0 Å². The van der Waals surface area contributed by atoms with Crippen LogP contribution in [-0.2, 0) is 0 Å². The van der Waals surface area contributed by atoms with Crippen LogP contribution in [0.5, 0.6) is 0 Å². The van der Waals surface area contributed by atoms with Crippen molar-refractivity contribution in [3.05, 3.63) is 187 Å². The Balaban J connectivity index is 1.20. The number of pyridine rings is 1. The van der Waals surface area contributed by atoms with Gasteiger partial charge in [0, 0.05) is 16.3 Å². The van der Waals surface area contributed by atoms with Crippen molar-refractivity contribution in [3.63, 3.8) is 0 Å². The van der Waals surface area contributed by atoms with Gasteiger partial charge in [-0.2, -0.15) is 0 Å². The maximum Gasteiger partial charge on any atom is 0.165 e. The van der Waals surface area contributed by atoms with Crippen LogP contribution in [0.4, 0.5) is 0 Å². The van der Waals surface area contributed by atoms with Gasteiger partial charge in [-0.25, -0.2) is 9.97 Å². The standard InChI is InChI=1S/C54H43N3O/c1-34(2)46-31-42(37-17-10-6-11-18-37)32-47(35(3)4)51(46)57-53(56-49-30-29-48(55-54(49)57)40-19-12-7-13-20-40)45-22-14-21-44-43-28-27-41(33-50(43)58-52(44)45)39-25-23-38(24-26-39)36-15-8-5-9-16-36/h5-35H,1-4H3.